The molecule has 0 radical (unpaired) electrons. The molecule has 2 aliphatic rings. The maximum absolute atomic E-state index is 12.5. The number of hydrogen-bond acceptors (Lipinski definition) is 7. The molecule has 27 heavy (non-hydrogen) atoms. The fourth-order valence-corrected chi connectivity index (χ4v) is 3.76. The number of hydrogen-bond donors (Lipinski definition) is 2. The number of nitrogens with zero attached hydrogens (tertiary/aromatic N) is 3. The van der Waals surface area contributed by atoms with Crippen LogP contribution >= 0.6 is 12.4 Å². The molecule has 1 aliphatic heterocycles. The highest BCUT2D eigenvalue weighted by Gasteiger charge is 2.33. The predicted molar refractivity (Wildman–Crippen MR) is 102 cm³/mol. The Bertz CT molecular complexity index is 920. The van der Waals surface area contributed by atoms with Gasteiger partial charge >= 0.3 is 0 Å². The first-order valence-corrected chi connectivity index (χ1v) is 8.88. The number of piperazine rings is 1. The van der Waals surface area contributed by atoms with Gasteiger partial charge in [-0.2, -0.15) is 4.98 Å². The lowest BCUT2D eigenvalue weighted by Gasteiger charge is -2.30. The van der Waals surface area contributed by atoms with Crippen LogP contribution in [0.5, 0.6) is 0 Å². The number of aromatic amines is 1. The van der Waals surface area contributed by atoms with E-state index in [4.69, 9.17) is 4.52 Å². The van der Waals surface area contributed by atoms with E-state index in [0.717, 1.165) is 19.6 Å². The highest BCUT2D eigenvalue weighted by Crippen LogP contribution is 2.34. The highest BCUT2D eigenvalue weighted by molar-refractivity contribution is 5.99. The monoisotopic (exact) mass is 393 g/mol. The second-order valence-corrected chi connectivity index (χ2v) is 8.00. The van der Waals surface area contributed by atoms with Crippen molar-refractivity contribution in [1.29, 1.82) is 0 Å². The number of carbonyl (C=O) groups is 1. The zero-order valence-electron chi connectivity index (χ0n) is 15.7. The summed E-state index contributed by atoms with van der Waals surface area (Å²) >= 11 is 0. The number of ketones is 1. The van der Waals surface area contributed by atoms with Crippen LogP contribution in [-0.4, -0.2) is 52.5 Å². The maximum atomic E-state index is 12.5. The zero-order chi connectivity index (χ0) is 18.5. The van der Waals surface area contributed by atoms with Crippen molar-refractivity contribution in [2.45, 2.75) is 32.7 Å². The van der Waals surface area contributed by atoms with Crippen molar-refractivity contribution in [3.8, 4) is 11.5 Å². The SMILES string of the molecule is CN1CCNCC1c1noc(-c2cc3c([nH]c2=O)CC(C)(C)CC3=O)n1.Cl. The molecular formula is C18H24ClN5O3. The maximum Gasteiger partial charge on any atom is 0.263 e. The number of halogens is 1. The molecule has 8 nitrogen and oxygen atoms in total. The summed E-state index contributed by atoms with van der Waals surface area (Å²) in [6, 6.07) is 1.60. The molecule has 2 aromatic rings. The molecule has 1 fully saturated rings. The van der Waals surface area contributed by atoms with E-state index < -0.39 is 0 Å². The number of H-pyrrole nitrogens is 1. The predicted octanol–water partition coefficient (Wildman–Crippen LogP) is 1.58. The third-order valence-electron chi connectivity index (χ3n) is 5.20. The Morgan fingerprint density at radius 2 is 2.04 bits per heavy atom. The zero-order valence-corrected chi connectivity index (χ0v) is 16.5. The molecule has 3 heterocycles. The van der Waals surface area contributed by atoms with Gasteiger partial charge in [0.05, 0.1) is 6.04 Å². The molecule has 1 unspecified atom stereocenters. The van der Waals surface area contributed by atoms with Gasteiger partial charge in [-0.25, -0.2) is 0 Å². The van der Waals surface area contributed by atoms with E-state index in [1.54, 1.807) is 6.07 Å². The summed E-state index contributed by atoms with van der Waals surface area (Å²) in [5.74, 6) is 0.727. The van der Waals surface area contributed by atoms with Crippen LogP contribution in [0.3, 0.4) is 0 Å². The van der Waals surface area contributed by atoms with Gasteiger partial charge in [-0.3, -0.25) is 14.5 Å². The van der Waals surface area contributed by atoms with E-state index in [1.807, 2.05) is 20.9 Å². The normalized spacial score (nSPS) is 22.2. The van der Waals surface area contributed by atoms with Crippen LogP contribution in [0.25, 0.3) is 11.5 Å². The molecule has 1 atom stereocenters. The minimum absolute atomic E-state index is 0. The average molecular weight is 394 g/mol. The minimum atomic E-state index is -0.306. The summed E-state index contributed by atoms with van der Waals surface area (Å²) in [7, 11) is 2.01. The molecule has 0 saturated carbocycles. The lowest BCUT2D eigenvalue weighted by Crippen LogP contribution is -2.44. The van der Waals surface area contributed by atoms with Crippen molar-refractivity contribution >= 4 is 18.2 Å². The Balaban J connectivity index is 0.00000210. The lowest BCUT2D eigenvalue weighted by atomic mass is 9.75. The van der Waals surface area contributed by atoms with E-state index in [-0.39, 0.29) is 46.7 Å². The van der Waals surface area contributed by atoms with Crippen LogP contribution < -0.4 is 10.9 Å². The summed E-state index contributed by atoms with van der Waals surface area (Å²) in [5, 5.41) is 7.36. The number of Topliss-reactive ketones (excluding diaryl/α,β-unsaturated/α-hetero) is 1. The third kappa shape index (κ3) is 3.69. The Morgan fingerprint density at radius 3 is 2.78 bits per heavy atom. The quantitative estimate of drug-likeness (QED) is 0.798. The summed E-state index contributed by atoms with van der Waals surface area (Å²) in [6.07, 6.45) is 1.12. The van der Waals surface area contributed by atoms with E-state index in [2.05, 4.69) is 25.3 Å². The summed E-state index contributed by atoms with van der Waals surface area (Å²) in [6.45, 7) is 6.58. The van der Waals surface area contributed by atoms with Crippen LogP contribution in [-0.2, 0) is 6.42 Å². The molecule has 0 aromatic carbocycles. The summed E-state index contributed by atoms with van der Waals surface area (Å²) in [5.41, 5.74) is 1.04. The first-order chi connectivity index (χ1) is 12.3. The van der Waals surface area contributed by atoms with Crippen LogP contribution in [0.1, 0.15) is 48.2 Å². The topological polar surface area (TPSA) is 104 Å². The number of likely N-dealkylation sites (N-methyl/N-ethyl adjacent to an activating group) is 1. The molecule has 0 bridgehead atoms. The number of aromatic nitrogens is 3. The Hall–Kier alpha value is -2.03. The van der Waals surface area contributed by atoms with E-state index >= 15 is 0 Å². The van der Waals surface area contributed by atoms with Gasteiger partial charge in [-0.15, -0.1) is 12.4 Å². The molecule has 146 valence electrons. The van der Waals surface area contributed by atoms with Crippen molar-refractivity contribution in [2.24, 2.45) is 5.41 Å². The second-order valence-electron chi connectivity index (χ2n) is 8.00. The summed E-state index contributed by atoms with van der Waals surface area (Å²) < 4.78 is 5.35. The van der Waals surface area contributed by atoms with Crippen LogP contribution in [0.4, 0.5) is 0 Å². The van der Waals surface area contributed by atoms with Crippen molar-refractivity contribution < 1.29 is 9.32 Å². The first-order valence-electron chi connectivity index (χ1n) is 8.88. The fraction of sp³-hybridized carbons (Fsp3) is 0.556. The van der Waals surface area contributed by atoms with E-state index in [9.17, 15) is 9.59 Å². The lowest BCUT2D eigenvalue weighted by molar-refractivity contribution is 0.0910. The Kier molecular flexibility index (Phi) is 5.24. The van der Waals surface area contributed by atoms with Gasteiger partial charge in [-0.1, -0.05) is 19.0 Å². The van der Waals surface area contributed by atoms with Crippen LogP contribution in [0.2, 0.25) is 0 Å². The number of nitrogens with one attached hydrogen (secondary N) is 2. The van der Waals surface area contributed by atoms with E-state index in [1.165, 1.54) is 0 Å². The Morgan fingerprint density at radius 1 is 1.26 bits per heavy atom. The van der Waals surface area contributed by atoms with Crippen LogP contribution in [0.15, 0.2) is 15.4 Å². The van der Waals surface area contributed by atoms with Gasteiger partial charge in [0.25, 0.3) is 11.4 Å². The van der Waals surface area contributed by atoms with Crippen molar-refractivity contribution in [1.82, 2.24) is 25.3 Å². The smallest absolute Gasteiger partial charge is 0.263 e. The molecular weight excluding hydrogens is 370 g/mol. The van der Waals surface area contributed by atoms with Gasteiger partial charge in [-0.05, 0) is 24.9 Å². The van der Waals surface area contributed by atoms with Gasteiger partial charge in [0.1, 0.15) is 5.56 Å². The summed E-state index contributed by atoms with van der Waals surface area (Å²) in [4.78, 5) is 34.5. The van der Waals surface area contributed by atoms with Gasteiger partial charge < -0.3 is 14.8 Å². The number of pyridine rings is 1. The molecule has 0 spiro atoms. The number of rotatable bonds is 2. The van der Waals surface area contributed by atoms with Gasteiger partial charge in [0.2, 0.25) is 0 Å². The van der Waals surface area contributed by atoms with E-state index in [0.29, 0.717) is 29.9 Å². The molecule has 4 rings (SSSR count). The molecule has 1 aliphatic carbocycles. The van der Waals surface area contributed by atoms with Gasteiger partial charge in [0.15, 0.2) is 11.6 Å². The van der Waals surface area contributed by atoms with Gasteiger partial charge in [0, 0.05) is 37.3 Å². The molecule has 9 heteroatoms. The van der Waals surface area contributed by atoms with Crippen LogP contribution in [0, 0.1) is 5.41 Å². The fourth-order valence-electron chi connectivity index (χ4n) is 3.76. The molecule has 0 amide bonds. The number of carbonyl (C=O) groups excluding carboxylic acids is 1. The van der Waals surface area contributed by atoms with Crippen molar-refractivity contribution in [3.63, 3.8) is 0 Å². The second kappa shape index (κ2) is 7.18. The molecule has 2 aromatic heterocycles. The molecule has 1 saturated heterocycles. The molecule has 2 N–H and O–H groups in total. The minimum Gasteiger partial charge on any atom is -0.334 e. The number of fused-ring (bicyclic) bond motifs is 1. The van der Waals surface area contributed by atoms with Crippen molar-refractivity contribution in [2.75, 3.05) is 26.7 Å². The van der Waals surface area contributed by atoms with Crippen molar-refractivity contribution in [3.05, 3.63) is 33.5 Å². The highest BCUT2D eigenvalue weighted by atomic mass is 35.5. The Labute approximate surface area is 163 Å². The average Bonchev–Trinajstić information content (AvgIpc) is 3.03. The third-order valence-corrected chi connectivity index (χ3v) is 5.20. The first kappa shape index (κ1) is 19.7. The standard InChI is InChI=1S/C18H23N5O3.ClH/c1-18(2)7-12-10(14(24)8-18)6-11(16(25)20-12)17-21-15(22-26-17)13-9-19-4-5-23(13)3;/h6,13,19H,4-5,7-9H2,1-3H3,(H,20,25);1H. The largest absolute Gasteiger partial charge is 0.334 e.